The molecule has 1 N–H and O–H groups in total. The van der Waals surface area contributed by atoms with E-state index in [-0.39, 0.29) is 18.0 Å². The molecule has 1 aliphatic rings. The second-order valence-corrected chi connectivity index (χ2v) is 6.53. The predicted octanol–water partition coefficient (Wildman–Crippen LogP) is 1.64. The highest BCUT2D eigenvalue weighted by atomic mass is 35.5. The molecule has 1 fully saturated rings. The lowest BCUT2D eigenvalue weighted by Crippen LogP contribution is -2.42. The van der Waals surface area contributed by atoms with Crippen molar-refractivity contribution in [1.82, 2.24) is 9.80 Å². The summed E-state index contributed by atoms with van der Waals surface area (Å²) in [7, 11) is 0. The van der Waals surface area contributed by atoms with Gasteiger partial charge in [-0.2, -0.15) is 0 Å². The van der Waals surface area contributed by atoms with Gasteiger partial charge in [0.25, 0.3) is 0 Å². The van der Waals surface area contributed by atoms with Crippen LogP contribution in [0.4, 0.5) is 5.69 Å². The Kier molecular flexibility index (Phi) is 9.07. The van der Waals surface area contributed by atoms with Crippen LogP contribution >= 0.6 is 11.6 Å². The van der Waals surface area contributed by atoms with Gasteiger partial charge in [-0.25, -0.2) is 0 Å². The largest absolute Gasteiger partial charge is 0.487 e. The van der Waals surface area contributed by atoms with Crippen molar-refractivity contribution in [3.8, 4) is 5.75 Å². The Morgan fingerprint density at radius 2 is 2.08 bits per heavy atom. The van der Waals surface area contributed by atoms with Gasteiger partial charge in [0.05, 0.1) is 31.4 Å². The number of morpholine rings is 1. The van der Waals surface area contributed by atoms with Gasteiger partial charge >= 0.3 is 5.69 Å². The molecule has 9 heteroatoms. The van der Waals surface area contributed by atoms with Gasteiger partial charge in [0, 0.05) is 50.4 Å². The van der Waals surface area contributed by atoms with Crippen LogP contribution in [0.3, 0.4) is 0 Å². The minimum absolute atomic E-state index is 0.104. The number of nitrogens with zero attached hydrogens (tertiary/aromatic N) is 3. The Morgan fingerprint density at radius 1 is 1.31 bits per heavy atom. The third kappa shape index (κ3) is 7.05. The molecule has 0 atom stereocenters. The molecule has 1 saturated heterocycles. The van der Waals surface area contributed by atoms with E-state index in [0.717, 1.165) is 45.9 Å². The molecule has 1 aromatic rings. The topological polar surface area (TPSA) is 88.3 Å². The molecular weight excluding hydrogens is 362 g/mol. The van der Waals surface area contributed by atoms with Crippen LogP contribution in [0.5, 0.6) is 5.75 Å². The van der Waals surface area contributed by atoms with E-state index < -0.39 is 4.92 Å². The third-order valence-corrected chi connectivity index (χ3v) is 4.48. The van der Waals surface area contributed by atoms with Crippen molar-refractivity contribution in [1.29, 1.82) is 0 Å². The average molecular weight is 388 g/mol. The van der Waals surface area contributed by atoms with Crippen molar-refractivity contribution < 1.29 is 19.5 Å². The molecule has 1 aliphatic heterocycles. The second kappa shape index (κ2) is 11.3. The van der Waals surface area contributed by atoms with Crippen LogP contribution in [0.25, 0.3) is 0 Å². The van der Waals surface area contributed by atoms with Crippen LogP contribution in [-0.4, -0.2) is 85.5 Å². The van der Waals surface area contributed by atoms with E-state index in [1.807, 2.05) is 0 Å². The second-order valence-electron chi connectivity index (χ2n) is 6.09. The molecule has 1 aromatic carbocycles. The summed E-state index contributed by atoms with van der Waals surface area (Å²) in [6, 6.07) is 4.38. The zero-order chi connectivity index (χ0) is 18.8. The first-order chi connectivity index (χ1) is 12.6. The quantitative estimate of drug-likeness (QED) is 0.351. The maximum absolute atomic E-state index is 11.1. The van der Waals surface area contributed by atoms with E-state index in [4.69, 9.17) is 21.1 Å². The zero-order valence-electron chi connectivity index (χ0n) is 14.8. The van der Waals surface area contributed by atoms with Gasteiger partial charge < -0.3 is 14.6 Å². The molecular formula is C17H26ClN3O5. The van der Waals surface area contributed by atoms with Gasteiger partial charge in [-0.1, -0.05) is 11.6 Å². The number of hydrogen-bond donors (Lipinski definition) is 1. The van der Waals surface area contributed by atoms with Crippen molar-refractivity contribution in [3.63, 3.8) is 0 Å². The predicted molar refractivity (Wildman–Crippen MR) is 99.0 cm³/mol. The maximum atomic E-state index is 11.1. The van der Waals surface area contributed by atoms with Crippen molar-refractivity contribution in [2.75, 3.05) is 65.7 Å². The summed E-state index contributed by atoms with van der Waals surface area (Å²) >= 11 is 5.80. The molecule has 0 saturated carbocycles. The lowest BCUT2D eigenvalue weighted by atomic mass is 10.3. The fourth-order valence-corrected chi connectivity index (χ4v) is 2.98. The van der Waals surface area contributed by atoms with Gasteiger partial charge in [-0.15, -0.1) is 0 Å². The molecule has 0 amide bonds. The molecule has 0 bridgehead atoms. The fourth-order valence-electron chi connectivity index (χ4n) is 2.81. The maximum Gasteiger partial charge on any atom is 0.312 e. The SMILES string of the molecule is O=[N+]([O-])c1cc(Cl)ccc1OCCCN(CCO)CCN1CCOCC1. The van der Waals surface area contributed by atoms with Crippen LogP contribution in [0, 0.1) is 10.1 Å². The van der Waals surface area contributed by atoms with E-state index in [1.54, 1.807) is 6.07 Å². The Balaban J connectivity index is 1.74. The first kappa shape index (κ1) is 20.9. The molecule has 0 spiro atoms. The number of nitro benzene ring substituents is 1. The monoisotopic (exact) mass is 387 g/mol. The number of benzene rings is 1. The van der Waals surface area contributed by atoms with Crippen LogP contribution < -0.4 is 4.74 Å². The van der Waals surface area contributed by atoms with Crippen molar-refractivity contribution >= 4 is 17.3 Å². The highest BCUT2D eigenvalue weighted by Gasteiger charge is 2.16. The molecule has 0 aliphatic carbocycles. The molecule has 146 valence electrons. The minimum atomic E-state index is -0.498. The number of aliphatic hydroxyl groups is 1. The van der Waals surface area contributed by atoms with Gasteiger partial charge in [0.1, 0.15) is 0 Å². The Hall–Kier alpha value is -1.45. The van der Waals surface area contributed by atoms with Crippen molar-refractivity contribution in [2.45, 2.75) is 6.42 Å². The van der Waals surface area contributed by atoms with E-state index in [0.29, 0.717) is 24.6 Å². The molecule has 1 heterocycles. The Bertz CT molecular complexity index is 569. The smallest absolute Gasteiger partial charge is 0.312 e. The summed E-state index contributed by atoms with van der Waals surface area (Å²) in [4.78, 5) is 15.1. The molecule has 8 nitrogen and oxygen atoms in total. The number of rotatable bonds is 11. The summed E-state index contributed by atoms with van der Waals surface area (Å²) in [6.07, 6.45) is 0.711. The van der Waals surface area contributed by atoms with E-state index in [2.05, 4.69) is 9.80 Å². The van der Waals surface area contributed by atoms with E-state index >= 15 is 0 Å². The molecule has 26 heavy (non-hydrogen) atoms. The summed E-state index contributed by atoms with van der Waals surface area (Å²) in [5, 5.41) is 20.6. The highest BCUT2D eigenvalue weighted by Crippen LogP contribution is 2.29. The summed E-state index contributed by atoms with van der Waals surface area (Å²) < 4.78 is 10.9. The van der Waals surface area contributed by atoms with Gasteiger partial charge in [0.2, 0.25) is 0 Å². The van der Waals surface area contributed by atoms with E-state index in [1.165, 1.54) is 12.1 Å². The van der Waals surface area contributed by atoms with Crippen molar-refractivity contribution in [3.05, 3.63) is 33.3 Å². The number of nitro groups is 1. The number of halogens is 1. The molecule has 0 radical (unpaired) electrons. The lowest BCUT2D eigenvalue weighted by molar-refractivity contribution is -0.385. The first-order valence-corrected chi connectivity index (χ1v) is 9.18. The lowest BCUT2D eigenvalue weighted by Gasteiger charge is -2.29. The van der Waals surface area contributed by atoms with Crippen LogP contribution in [0.15, 0.2) is 18.2 Å². The molecule has 2 rings (SSSR count). The van der Waals surface area contributed by atoms with Crippen molar-refractivity contribution in [2.24, 2.45) is 0 Å². The first-order valence-electron chi connectivity index (χ1n) is 8.80. The number of ether oxygens (including phenoxy) is 2. The highest BCUT2D eigenvalue weighted by molar-refractivity contribution is 6.30. The van der Waals surface area contributed by atoms with Crippen LogP contribution in [0.1, 0.15) is 6.42 Å². The average Bonchev–Trinajstić information content (AvgIpc) is 2.64. The van der Waals surface area contributed by atoms with Crippen LogP contribution in [-0.2, 0) is 4.74 Å². The number of hydrogen-bond acceptors (Lipinski definition) is 7. The van der Waals surface area contributed by atoms with Gasteiger partial charge in [-0.3, -0.25) is 19.9 Å². The summed E-state index contributed by atoms with van der Waals surface area (Å²) in [5.41, 5.74) is -0.128. The van der Waals surface area contributed by atoms with Gasteiger partial charge in [-0.05, 0) is 18.6 Å². The van der Waals surface area contributed by atoms with E-state index in [9.17, 15) is 15.2 Å². The van der Waals surface area contributed by atoms with Gasteiger partial charge in [0.15, 0.2) is 5.75 Å². The standard InChI is InChI=1S/C17H26ClN3O5/c18-15-2-3-17(16(14-15)21(23)24)26-11-1-4-19(7-10-22)5-6-20-8-12-25-13-9-20/h2-3,14,22H,1,4-13H2. The third-order valence-electron chi connectivity index (χ3n) is 4.25. The minimum Gasteiger partial charge on any atom is -0.487 e. The number of aliphatic hydroxyl groups excluding tert-OH is 1. The Labute approximate surface area is 158 Å². The fraction of sp³-hybridized carbons (Fsp3) is 0.647. The zero-order valence-corrected chi connectivity index (χ0v) is 15.6. The Morgan fingerprint density at radius 3 is 2.77 bits per heavy atom. The molecule has 0 unspecified atom stereocenters. The molecule has 0 aromatic heterocycles. The summed E-state index contributed by atoms with van der Waals surface area (Å²) in [6.45, 7) is 7.05. The van der Waals surface area contributed by atoms with Crippen LogP contribution in [0.2, 0.25) is 5.02 Å². The normalized spacial score (nSPS) is 15.3. The summed E-state index contributed by atoms with van der Waals surface area (Å²) in [5.74, 6) is 0.224.